The number of hydrogen-bond acceptors (Lipinski definition) is 3. The summed E-state index contributed by atoms with van der Waals surface area (Å²) in [6.07, 6.45) is 0. The summed E-state index contributed by atoms with van der Waals surface area (Å²) in [5.41, 5.74) is 2.46. The zero-order valence-electron chi connectivity index (χ0n) is 10.1. The van der Waals surface area contributed by atoms with Crippen LogP contribution in [0, 0.1) is 16.7 Å². The summed E-state index contributed by atoms with van der Waals surface area (Å²) in [6, 6.07) is 19.2. The molecule has 19 heavy (non-hydrogen) atoms. The van der Waals surface area contributed by atoms with Crippen LogP contribution >= 0.6 is 0 Å². The maximum atomic E-state index is 9.29. The van der Waals surface area contributed by atoms with Crippen molar-refractivity contribution in [1.29, 1.82) is 10.7 Å². The molecule has 0 saturated heterocycles. The van der Waals surface area contributed by atoms with Gasteiger partial charge in [-0.15, -0.1) is 0 Å². The second-order valence-electron chi connectivity index (χ2n) is 4.16. The van der Waals surface area contributed by atoms with Crippen LogP contribution in [-0.2, 0) is 0 Å². The van der Waals surface area contributed by atoms with Gasteiger partial charge in [-0.1, -0.05) is 48.5 Å². The third-order valence-corrected chi connectivity index (χ3v) is 3.02. The standard InChI is InChI=1S/C16H10N2O/c17-10-13-15(11-6-2-1-3-7-11)12-8-4-5-9-14(12)19-16(13)18/h1-9,18H. The van der Waals surface area contributed by atoms with Gasteiger partial charge in [-0.3, -0.25) is 5.41 Å². The van der Waals surface area contributed by atoms with E-state index in [0.29, 0.717) is 5.58 Å². The topological polar surface area (TPSA) is 60.8 Å². The van der Waals surface area contributed by atoms with Crippen molar-refractivity contribution in [3.05, 3.63) is 65.7 Å². The summed E-state index contributed by atoms with van der Waals surface area (Å²) in [7, 11) is 0. The van der Waals surface area contributed by atoms with Crippen LogP contribution in [0.4, 0.5) is 0 Å². The summed E-state index contributed by atoms with van der Waals surface area (Å²) in [4.78, 5) is 0. The van der Waals surface area contributed by atoms with Crippen LogP contribution in [-0.4, -0.2) is 0 Å². The predicted octanol–water partition coefficient (Wildman–Crippen LogP) is 3.45. The molecule has 0 atom stereocenters. The van der Waals surface area contributed by atoms with Crippen LogP contribution in [0.15, 0.2) is 59.0 Å². The second kappa shape index (κ2) is 4.43. The Bertz CT molecular complexity index is 842. The summed E-state index contributed by atoms with van der Waals surface area (Å²) < 4.78 is 5.39. The molecule has 1 heterocycles. The Morgan fingerprint density at radius 1 is 0.947 bits per heavy atom. The molecule has 3 rings (SSSR count). The van der Waals surface area contributed by atoms with E-state index in [4.69, 9.17) is 9.83 Å². The number of nitrogens with one attached hydrogen (secondary N) is 1. The molecular weight excluding hydrogens is 236 g/mol. The quantitative estimate of drug-likeness (QED) is 0.714. The van der Waals surface area contributed by atoms with Crippen LogP contribution in [0.5, 0.6) is 0 Å². The molecule has 0 saturated carbocycles. The van der Waals surface area contributed by atoms with Crippen LogP contribution in [0.1, 0.15) is 5.56 Å². The van der Waals surface area contributed by atoms with Gasteiger partial charge in [-0.05, 0) is 11.6 Å². The smallest absolute Gasteiger partial charge is 0.230 e. The van der Waals surface area contributed by atoms with E-state index in [-0.39, 0.29) is 11.1 Å². The average molecular weight is 246 g/mol. The van der Waals surface area contributed by atoms with Gasteiger partial charge < -0.3 is 4.42 Å². The molecular formula is C16H10N2O. The van der Waals surface area contributed by atoms with E-state index >= 15 is 0 Å². The number of nitriles is 1. The van der Waals surface area contributed by atoms with E-state index in [1.807, 2.05) is 48.5 Å². The van der Waals surface area contributed by atoms with Crippen LogP contribution < -0.4 is 5.55 Å². The van der Waals surface area contributed by atoms with Crippen molar-refractivity contribution >= 4 is 11.0 Å². The Hall–Kier alpha value is -2.86. The summed E-state index contributed by atoms with van der Waals surface area (Å²) in [5.74, 6) is 0. The lowest BCUT2D eigenvalue weighted by molar-refractivity contribution is 0.531. The van der Waals surface area contributed by atoms with Crippen molar-refractivity contribution < 1.29 is 4.42 Å². The van der Waals surface area contributed by atoms with Crippen molar-refractivity contribution in [3.63, 3.8) is 0 Å². The Balaban J connectivity index is 2.52. The maximum absolute atomic E-state index is 9.29. The fourth-order valence-electron chi connectivity index (χ4n) is 2.18. The number of rotatable bonds is 1. The van der Waals surface area contributed by atoms with Gasteiger partial charge in [-0.25, -0.2) is 0 Å². The lowest BCUT2D eigenvalue weighted by atomic mass is 9.98. The molecule has 0 aliphatic carbocycles. The Labute approximate surface area is 109 Å². The average Bonchev–Trinajstić information content (AvgIpc) is 2.46. The van der Waals surface area contributed by atoms with Crippen molar-refractivity contribution in [1.82, 2.24) is 0 Å². The third kappa shape index (κ3) is 1.80. The zero-order chi connectivity index (χ0) is 13.2. The molecule has 0 radical (unpaired) electrons. The van der Waals surface area contributed by atoms with Crippen molar-refractivity contribution in [3.8, 4) is 17.2 Å². The van der Waals surface area contributed by atoms with Crippen LogP contribution in [0.2, 0.25) is 0 Å². The number of fused-ring (bicyclic) bond motifs is 1. The molecule has 1 aromatic heterocycles. The van der Waals surface area contributed by atoms with Gasteiger partial charge in [0.15, 0.2) is 0 Å². The summed E-state index contributed by atoms with van der Waals surface area (Å²) >= 11 is 0. The fourth-order valence-corrected chi connectivity index (χ4v) is 2.18. The fraction of sp³-hybridized carbons (Fsp3) is 0. The first-order chi connectivity index (χ1) is 9.31. The Kier molecular flexibility index (Phi) is 2.62. The van der Waals surface area contributed by atoms with Crippen molar-refractivity contribution in [2.24, 2.45) is 0 Å². The predicted molar refractivity (Wildman–Crippen MR) is 72.2 cm³/mol. The second-order valence-corrected chi connectivity index (χ2v) is 4.16. The molecule has 3 aromatic rings. The normalized spacial score (nSPS) is 10.3. The van der Waals surface area contributed by atoms with Gasteiger partial charge in [0.05, 0.1) is 0 Å². The molecule has 0 unspecified atom stereocenters. The van der Waals surface area contributed by atoms with E-state index in [9.17, 15) is 5.26 Å². The molecule has 0 aliphatic rings. The number of hydrogen-bond donors (Lipinski definition) is 1. The first-order valence-corrected chi connectivity index (χ1v) is 5.87. The van der Waals surface area contributed by atoms with E-state index in [0.717, 1.165) is 16.5 Å². The number of para-hydroxylation sites is 1. The first kappa shape index (κ1) is 11.2. The molecule has 3 nitrogen and oxygen atoms in total. The third-order valence-electron chi connectivity index (χ3n) is 3.02. The highest BCUT2D eigenvalue weighted by atomic mass is 16.3. The van der Waals surface area contributed by atoms with Gasteiger partial charge in [0.2, 0.25) is 5.55 Å². The highest BCUT2D eigenvalue weighted by molar-refractivity contribution is 5.95. The minimum atomic E-state index is -0.0972. The highest BCUT2D eigenvalue weighted by Gasteiger charge is 2.13. The molecule has 3 heteroatoms. The summed E-state index contributed by atoms with van der Waals surface area (Å²) in [6.45, 7) is 0. The molecule has 2 aromatic carbocycles. The zero-order valence-corrected chi connectivity index (χ0v) is 10.1. The van der Waals surface area contributed by atoms with E-state index in [1.165, 1.54) is 0 Å². The molecule has 0 amide bonds. The maximum Gasteiger partial charge on any atom is 0.230 e. The minimum Gasteiger partial charge on any atom is -0.438 e. The lowest BCUT2D eigenvalue weighted by Gasteiger charge is -2.08. The van der Waals surface area contributed by atoms with Crippen LogP contribution in [0.3, 0.4) is 0 Å². The van der Waals surface area contributed by atoms with Gasteiger partial charge in [0, 0.05) is 10.9 Å². The van der Waals surface area contributed by atoms with E-state index in [2.05, 4.69) is 6.07 Å². The highest BCUT2D eigenvalue weighted by Crippen LogP contribution is 2.29. The largest absolute Gasteiger partial charge is 0.438 e. The molecule has 0 aliphatic heterocycles. The van der Waals surface area contributed by atoms with Crippen molar-refractivity contribution in [2.45, 2.75) is 0 Å². The molecule has 90 valence electrons. The van der Waals surface area contributed by atoms with E-state index < -0.39 is 0 Å². The Morgan fingerprint density at radius 3 is 2.37 bits per heavy atom. The monoisotopic (exact) mass is 246 g/mol. The molecule has 0 spiro atoms. The lowest BCUT2D eigenvalue weighted by Crippen LogP contribution is -2.06. The van der Waals surface area contributed by atoms with Gasteiger partial charge in [0.1, 0.15) is 17.2 Å². The SMILES string of the molecule is N#Cc1c(-c2ccccc2)c2ccccc2oc1=N. The van der Waals surface area contributed by atoms with Crippen molar-refractivity contribution in [2.75, 3.05) is 0 Å². The van der Waals surface area contributed by atoms with Gasteiger partial charge in [-0.2, -0.15) is 5.26 Å². The van der Waals surface area contributed by atoms with Gasteiger partial charge in [0.25, 0.3) is 0 Å². The van der Waals surface area contributed by atoms with E-state index in [1.54, 1.807) is 6.07 Å². The van der Waals surface area contributed by atoms with Crippen LogP contribution in [0.25, 0.3) is 22.1 Å². The minimum absolute atomic E-state index is 0.0972. The number of nitrogens with zero attached hydrogens (tertiary/aromatic N) is 1. The molecule has 1 N–H and O–H groups in total. The summed E-state index contributed by atoms with van der Waals surface area (Å²) in [5, 5.41) is 18.0. The van der Waals surface area contributed by atoms with Gasteiger partial charge >= 0.3 is 0 Å². The number of benzene rings is 2. The molecule has 0 bridgehead atoms. The first-order valence-electron chi connectivity index (χ1n) is 5.87. The Morgan fingerprint density at radius 2 is 1.63 bits per heavy atom. The molecule has 0 fully saturated rings.